The van der Waals surface area contributed by atoms with Gasteiger partial charge in [-0.1, -0.05) is 10.8 Å². The third-order valence-electron chi connectivity index (χ3n) is 1.65. The average Bonchev–Trinajstić information content (AvgIpc) is 2.29. The normalized spacial score (nSPS) is 12.1. The summed E-state index contributed by atoms with van der Waals surface area (Å²) in [5, 5.41) is 19.4. The van der Waals surface area contributed by atoms with Gasteiger partial charge in [-0.3, -0.25) is 14.9 Å². The van der Waals surface area contributed by atoms with E-state index in [1.807, 2.05) is 0 Å². The monoisotopic (exact) mass is 275 g/mol. The zero-order valence-corrected chi connectivity index (χ0v) is 10.1. The Bertz CT molecular complexity index is 429. The number of aliphatic carboxylic acids is 1. The molecule has 0 unspecified atom stereocenters. The quantitative estimate of drug-likeness (QED) is 0.450. The van der Waals surface area contributed by atoms with Gasteiger partial charge in [0.05, 0.1) is 4.92 Å². The highest BCUT2D eigenvalue weighted by molar-refractivity contribution is 8.76. The number of carboxylic acid groups (broad SMARTS) is 1. The van der Waals surface area contributed by atoms with Gasteiger partial charge in [0.2, 0.25) is 0 Å². The molecule has 0 radical (unpaired) electrons. The molecule has 0 bridgehead atoms. The first kappa shape index (κ1) is 13.7. The largest absolute Gasteiger partial charge is 0.480 e. The van der Waals surface area contributed by atoms with Gasteiger partial charge in [-0.05, 0) is 16.9 Å². The van der Waals surface area contributed by atoms with Crippen molar-refractivity contribution in [3.63, 3.8) is 0 Å². The van der Waals surface area contributed by atoms with E-state index in [2.05, 4.69) is 4.98 Å². The van der Waals surface area contributed by atoms with E-state index >= 15 is 0 Å². The lowest BCUT2D eigenvalue weighted by Crippen LogP contribution is -2.32. The number of carbonyl (C=O) groups is 1. The molecule has 3 N–H and O–H groups in total. The molecule has 0 saturated heterocycles. The number of carboxylic acids is 1. The molecular weight excluding hydrogens is 266 g/mol. The summed E-state index contributed by atoms with van der Waals surface area (Å²) < 4.78 is 0. The van der Waals surface area contributed by atoms with E-state index in [4.69, 9.17) is 10.8 Å². The van der Waals surface area contributed by atoms with Gasteiger partial charge in [-0.15, -0.1) is 0 Å². The smallest absolute Gasteiger partial charge is 0.321 e. The highest BCUT2D eigenvalue weighted by Crippen LogP contribution is 2.35. The van der Waals surface area contributed by atoms with Gasteiger partial charge < -0.3 is 10.8 Å². The van der Waals surface area contributed by atoms with Gasteiger partial charge in [0.1, 0.15) is 6.04 Å². The van der Waals surface area contributed by atoms with Gasteiger partial charge in [0, 0.05) is 18.0 Å². The van der Waals surface area contributed by atoms with Crippen molar-refractivity contribution < 1.29 is 14.8 Å². The Morgan fingerprint density at radius 3 is 3.00 bits per heavy atom. The van der Waals surface area contributed by atoms with E-state index < -0.39 is 16.9 Å². The SMILES string of the molecule is N[C@H](CSSc1ncccc1[N+](=O)[O-])C(=O)O. The first-order valence-electron chi connectivity index (χ1n) is 4.39. The standard InChI is InChI=1S/C8H9N3O4S2/c9-5(8(12)13)4-16-17-7-6(11(14)15)2-1-3-10-7/h1-3,5H,4,9H2,(H,12,13)/t5-/m1/s1. The summed E-state index contributed by atoms with van der Waals surface area (Å²) in [4.78, 5) is 24.4. The molecule has 0 spiro atoms. The Morgan fingerprint density at radius 1 is 1.71 bits per heavy atom. The van der Waals surface area contributed by atoms with Crippen LogP contribution in [0.1, 0.15) is 0 Å². The molecule has 1 atom stereocenters. The van der Waals surface area contributed by atoms with Gasteiger partial charge in [-0.2, -0.15) is 0 Å². The van der Waals surface area contributed by atoms with Gasteiger partial charge >= 0.3 is 11.7 Å². The van der Waals surface area contributed by atoms with E-state index in [0.29, 0.717) is 0 Å². The molecule has 0 saturated carbocycles. The van der Waals surface area contributed by atoms with Crippen LogP contribution in [0.15, 0.2) is 23.4 Å². The molecule has 1 aromatic heterocycles. The van der Waals surface area contributed by atoms with E-state index in [1.54, 1.807) is 0 Å². The molecule has 0 aromatic carbocycles. The zero-order valence-electron chi connectivity index (χ0n) is 8.48. The molecule has 1 heterocycles. The molecule has 0 aliphatic heterocycles. The van der Waals surface area contributed by atoms with Crippen LogP contribution in [0.3, 0.4) is 0 Å². The minimum atomic E-state index is -1.10. The summed E-state index contributed by atoms with van der Waals surface area (Å²) >= 11 is 0. The summed E-state index contributed by atoms with van der Waals surface area (Å²) in [7, 11) is 2.16. The number of pyridine rings is 1. The minimum Gasteiger partial charge on any atom is -0.480 e. The number of hydrogen-bond donors (Lipinski definition) is 2. The molecule has 7 nitrogen and oxygen atoms in total. The van der Waals surface area contributed by atoms with Crippen LogP contribution in [0.5, 0.6) is 0 Å². The molecule has 1 aromatic rings. The molecule has 9 heteroatoms. The van der Waals surface area contributed by atoms with E-state index in [-0.39, 0.29) is 16.5 Å². The van der Waals surface area contributed by atoms with Crippen molar-refractivity contribution >= 4 is 33.2 Å². The number of hydrogen-bond acceptors (Lipinski definition) is 7. The predicted octanol–water partition coefficient (Wildman–Crippen LogP) is 1.14. The summed E-state index contributed by atoms with van der Waals surface area (Å²) in [6.45, 7) is 0. The van der Waals surface area contributed by atoms with Crippen molar-refractivity contribution in [3.8, 4) is 0 Å². The van der Waals surface area contributed by atoms with Crippen LogP contribution in [-0.2, 0) is 4.79 Å². The van der Waals surface area contributed by atoms with Crippen molar-refractivity contribution in [2.24, 2.45) is 5.73 Å². The lowest BCUT2D eigenvalue weighted by atomic mass is 10.4. The Hall–Kier alpha value is -1.32. The second-order valence-electron chi connectivity index (χ2n) is 2.90. The van der Waals surface area contributed by atoms with Crippen LogP contribution >= 0.6 is 21.6 Å². The maximum absolute atomic E-state index is 10.7. The molecule has 17 heavy (non-hydrogen) atoms. The lowest BCUT2D eigenvalue weighted by Gasteiger charge is -2.04. The highest BCUT2D eigenvalue weighted by Gasteiger charge is 2.17. The van der Waals surface area contributed by atoms with Crippen LogP contribution in [0.4, 0.5) is 5.69 Å². The molecular formula is C8H9N3O4S2. The molecule has 0 aliphatic carbocycles. The Morgan fingerprint density at radius 2 is 2.41 bits per heavy atom. The van der Waals surface area contributed by atoms with E-state index in [1.165, 1.54) is 18.3 Å². The van der Waals surface area contributed by atoms with Gasteiger partial charge in [0.25, 0.3) is 0 Å². The number of nitro groups is 1. The maximum atomic E-state index is 10.7. The fourth-order valence-corrected chi connectivity index (χ4v) is 2.98. The molecule has 0 aliphatic rings. The maximum Gasteiger partial charge on any atom is 0.321 e. The van der Waals surface area contributed by atoms with E-state index in [9.17, 15) is 14.9 Å². The predicted molar refractivity (Wildman–Crippen MR) is 64.8 cm³/mol. The second-order valence-corrected chi connectivity index (χ2v) is 5.23. The van der Waals surface area contributed by atoms with Gasteiger partial charge in [-0.25, -0.2) is 4.98 Å². The second kappa shape index (κ2) is 6.42. The highest BCUT2D eigenvalue weighted by atomic mass is 33.1. The fraction of sp³-hybridized carbons (Fsp3) is 0.250. The van der Waals surface area contributed by atoms with Crippen LogP contribution < -0.4 is 5.73 Å². The number of aromatic nitrogens is 1. The Labute approximate surface area is 104 Å². The van der Waals surface area contributed by atoms with Crippen molar-refractivity contribution in [2.75, 3.05) is 5.75 Å². The Balaban J connectivity index is 2.58. The summed E-state index contributed by atoms with van der Waals surface area (Å²) in [6, 6.07) is 1.82. The zero-order chi connectivity index (χ0) is 12.8. The van der Waals surface area contributed by atoms with Crippen LogP contribution in [0.25, 0.3) is 0 Å². The lowest BCUT2D eigenvalue weighted by molar-refractivity contribution is -0.388. The number of nitrogens with zero attached hydrogens (tertiary/aromatic N) is 2. The summed E-state index contributed by atoms with van der Waals surface area (Å²) in [5.74, 6) is -0.957. The molecule has 0 amide bonds. The van der Waals surface area contributed by atoms with Crippen molar-refractivity contribution in [1.82, 2.24) is 4.98 Å². The van der Waals surface area contributed by atoms with Crippen molar-refractivity contribution in [2.45, 2.75) is 11.1 Å². The van der Waals surface area contributed by atoms with Crippen molar-refractivity contribution in [3.05, 3.63) is 28.4 Å². The Kier molecular flexibility index (Phi) is 5.19. The average molecular weight is 275 g/mol. The van der Waals surface area contributed by atoms with Crippen LogP contribution in [-0.4, -0.2) is 32.8 Å². The first-order chi connectivity index (χ1) is 8.02. The molecule has 1 rings (SSSR count). The van der Waals surface area contributed by atoms with Gasteiger partial charge in [0.15, 0.2) is 5.03 Å². The minimum absolute atomic E-state index is 0.103. The molecule has 92 valence electrons. The summed E-state index contributed by atoms with van der Waals surface area (Å²) in [6.07, 6.45) is 1.44. The van der Waals surface area contributed by atoms with Crippen LogP contribution in [0, 0.1) is 10.1 Å². The summed E-state index contributed by atoms with van der Waals surface area (Å²) in [5.41, 5.74) is 5.19. The third kappa shape index (κ3) is 4.21. The number of rotatable bonds is 6. The topological polar surface area (TPSA) is 119 Å². The first-order valence-corrected chi connectivity index (χ1v) is 6.71. The third-order valence-corrected chi connectivity index (χ3v) is 3.97. The van der Waals surface area contributed by atoms with E-state index in [0.717, 1.165) is 21.6 Å². The van der Waals surface area contributed by atoms with Crippen LogP contribution in [0.2, 0.25) is 0 Å². The fourth-order valence-electron chi connectivity index (χ4n) is 0.820. The molecule has 0 fully saturated rings. The van der Waals surface area contributed by atoms with Crippen molar-refractivity contribution in [1.29, 1.82) is 0 Å². The number of nitrogens with two attached hydrogens (primary N) is 1.